The summed E-state index contributed by atoms with van der Waals surface area (Å²) in [6.45, 7) is 7.27. The number of carbonyl (C=O) groups excluding carboxylic acids is 2. The van der Waals surface area contributed by atoms with Crippen LogP contribution in [0, 0.1) is 13.8 Å². The van der Waals surface area contributed by atoms with E-state index in [0.29, 0.717) is 41.6 Å². The van der Waals surface area contributed by atoms with E-state index in [1.165, 1.54) is 4.90 Å². The van der Waals surface area contributed by atoms with E-state index in [-0.39, 0.29) is 18.4 Å². The van der Waals surface area contributed by atoms with Crippen molar-refractivity contribution in [3.63, 3.8) is 0 Å². The Morgan fingerprint density at radius 1 is 0.935 bits per heavy atom. The Hall–Kier alpha value is -2.67. The summed E-state index contributed by atoms with van der Waals surface area (Å²) in [6.07, 6.45) is 0. The number of hydrogen-bond acceptors (Lipinski definition) is 5. The van der Waals surface area contributed by atoms with Crippen molar-refractivity contribution in [2.45, 2.75) is 13.8 Å². The number of hydrogen-bond donors (Lipinski definition) is 1. The molecule has 0 saturated carbocycles. The smallest absolute Gasteiger partial charge is 0.282 e. The van der Waals surface area contributed by atoms with Gasteiger partial charge in [0.05, 0.1) is 17.9 Å². The number of piperazine rings is 1. The van der Waals surface area contributed by atoms with Gasteiger partial charge in [0.2, 0.25) is 0 Å². The van der Waals surface area contributed by atoms with E-state index in [1.807, 2.05) is 49.1 Å². The van der Waals surface area contributed by atoms with Crippen molar-refractivity contribution >= 4 is 34.7 Å². The van der Waals surface area contributed by atoms with Crippen LogP contribution in [0.4, 0.5) is 5.69 Å². The topological polar surface area (TPSA) is 64.1 Å². The van der Waals surface area contributed by atoms with Crippen LogP contribution in [0.15, 0.2) is 48.2 Å². The van der Waals surface area contributed by atoms with Gasteiger partial charge >= 0.3 is 0 Å². The molecule has 0 bridgehead atoms. The van der Waals surface area contributed by atoms with Crippen LogP contribution in [0.1, 0.15) is 16.7 Å². The number of nitrogens with zero attached hydrogens (tertiary/aromatic N) is 3. The van der Waals surface area contributed by atoms with Gasteiger partial charge in [0, 0.05) is 37.7 Å². The molecule has 1 N–H and O–H groups in total. The molecule has 1 fully saturated rings. The van der Waals surface area contributed by atoms with Gasteiger partial charge in [0.15, 0.2) is 0 Å². The molecule has 1 saturated heterocycles. The Kier molecular flexibility index (Phi) is 6.14. The highest BCUT2D eigenvalue weighted by Crippen LogP contribution is 2.36. The van der Waals surface area contributed by atoms with E-state index in [1.54, 1.807) is 12.1 Å². The Morgan fingerprint density at radius 3 is 2.23 bits per heavy atom. The highest BCUT2D eigenvalue weighted by atomic mass is 35.5. The van der Waals surface area contributed by atoms with Crippen LogP contribution in [0.2, 0.25) is 5.02 Å². The fraction of sp³-hybridized carbons (Fsp3) is 0.333. The van der Waals surface area contributed by atoms with Crippen molar-refractivity contribution in [3.8, 4) is 0 Å². The molecule has 2 amide bonds. The zero-order chi connectivity index (χ0) is 22.1. The summed E-state index contributed by atoms with van der Waals surface area (Å²) < 4.78 is 0. The molecule has 0 radical (unpaired) electrons. The highest BCUT2D eigenvalue weighted by Gasteiger charge is 2.43. The van der Waals surface area contributed by atoms with E-state index < -0.39 is 0 Å². The van der Waals surface area contributed by atoms with Gasteiger partial charge in [-0.05, 0) is 37.1 Å². The Balaban J connectivity index is 1.74. The predicted molar refractivity (Wildman–Crippen MR) is 122 cm³/mol. The Morgan fingerprint density at radius 2 is 1.61 bits per heavy atom. The van der Waals surface area contributed by atoms with Gasteiger partial charge in [0.25, 0.3) is 11.8 Å². The maximum atomic E-state index is 13.6. The fourth-order valence-corrected chi connectivity index (χ4v) is 4.26. The second kappa shape index (κ2) is 8.83. The number of aliphatic hydroxyl groups is 1. The first-order chi connectivity index (χ1) is 14.9. The molecule has 162 valence electrons. The minimum absolute atomic E-state index is 0.108. The van der Waals surface area contributed by atoms with Crippen molar-refractivity contribution in [1.82, 2.24) is 9.80 Å². The number of rotatable bonds is 5. The zero-order valence-electron chi connectivity index (χ0n) is 17.8. The second-order valence-electron chi connectivity index (χ2n) is 8.02. The number of benzene rings is 2. The summed E-state index contributed by atoms with van der Waals surface area (Å²) in [5.74, 6) is -0.655. The normalized spacial score (nSPS) is 17.8. The lowest BCUT2D eigenvalue weighted by molar-refractivity contribution is -0.120. The predicted octanol–water partition coefficient (Wildman–Crippen LogP) is 2.85. The summed E-state index contributed by atoms with van der Waals surface area (Å²) in [7, 11) is 0. The molecular formula is C24H26ClN3O3. The van der Waals surface area contributed by atoms with Crippen molar-refractivity contribution in [3.05, 3.63) is 69.9 Å². The quantitative estimate of drug-likeness (QED) is 0.726. The molecule has 2 heterocycles. The average molecular weight is 440 g/mol. The van der Waals surface area contributed by atoms with Crippen molar-refractivity contribution in [2.24, 2.45) is 0 Å². The number of amides is 2. The molecule has 0 aliphatic carbocycles. The van der Waals surface area contributed by atoms with Gasteiger partial charge < -0.3 is 10.0 Å². The SMILES string of the molecule is Cc1ccc(C2=C(N3CCN(CCO)CC3)C(=O)N(c3ccc(C)c(Cl)c3)C2=O)cc1. The molecule has 0 unspecified atom stereocenters. The summed E-state index contributed by atoms with van der Waals surface area (Å²) in [5.41, 5.74) is 4.05. The Bertz CT molecular complexity index is 1040. The molecule has 0 aromatic heterocycles. The minimum Gasteiger partial charge on any atom is -0.395 e. The van der Waals surface area contributed by atoms with Crippen molar-refractivity contribution in [2.75, 3.05) is 44.2 Å². The van der Waals surface area contributed by atoms with Gasteiger partial charge in [-0.25, -0.2) is 4.90 Å². The van der Waals surface area contributed by atoms with Crippen LogP contribution in [-0.4, -0.2) is 66.1 Å². The summed E-state index contributed by atoms with van der Waals surface area (Å²) in [5, 5.41) is 9.72. The third kappa shape index (κ3) is 4.11. The van der Waals surface area contributed by atoms with Crippen LogP contribution in [0.3, 0.4) is 0 Å². The molecule has 7 heteroatoms. The van der Waals surface area contributed by atoms with E-state index >= 15 is 0 Å². The van der Waals surface area contributed by atoms with Crippen LogP contribution in [-0.2, 0) is 9.59 Å². The first-order valence-electron chi connectivity index (χ1n) is 10.4. The van der Waals surface area contributed by atoms with Gasteiger partial charge in [-0.3, -0.25) is 14.5 Å². The lowest BCUT2D eigenvalue weighted by Crippen LogP contribution is -2.48. The van der Waals surface area contributed by atoms with E-state index in [0.717, 1.165) is 29.8 Å². The molecule has 4 rings (SSSR count). The number of β-amino-alcohol motifs (C(OH)–C–C–N with tert-alkyl or cyclic N) is 1. The molecule has 0 atom stereocenters. The van der Waals surface area contributed by atoms with Gasteiger partial charge in [0.1, 0.15) is 5.70 Å². The molecule has 31 heavy (non-hydrogen) atoms. The summed E-state index contributed by atoms with van der Waals surface area (Å²) >= 11 is 6.29. The summed E-state index contributed by atoms with van der Waals surface area (Å²) in [4.78, 5) is 32.5. The average Bonchev–Trinajstić information content (AvgIpc) is 3.02. The second-order valence-corrected chi connectivity index (χ2v) is 8.43. The molecular weight excluding hydrogens is 414 g/mol. The fourth-order valence-electron chi connectivity index (χ4n) is 4.08. The van der Waals surface area contributed by atoms with Crippen LogP contribution in [0.5, 0.6) is 0 Å². The van der Waals surface area contributed by atoms with E-state index in [9.17, 15) is 14.7 Å². The lowest BCUT2D eigenvalue weighted by atomic mass is 10.0. The monoisotopic (exact) mass is 439 g/mol. The number of aliphatic hydroxyl groups excluding tert-OH is 1. The molecule has 0 spiro atoms. The highest BCUT2D eigenvalue weighted by molar-refractivity contribution is 6.45. The summed E-state index contributed by atoms with van der Waals surface area (Å²) in [6, 6.07) is 12.9. The largest absolute Gasteiger partial charge is 0.395 e. The number of anilines is 1. The lowest BCUT2D eigenvalue weighted by Gasteiger charge is -2.36. The zero-order valence-corrected chi connectivity index (χ0v) is 18.5. The first-order valence-corrected chi connectivity index (χ1v) is 10.8. The molecule has 2 aliphatic rings. The number of halogens is 1. The maximum Gasteiger partial charge on any atom is 0.282 e. The number of aryl methyl sites for hydroxylation is 2. The van der Waals surface area contributed by atoms with Crippen molar-refractivity contribution < 1.29 is 14.7 Å². The standard InChI is InChI=1S/C24H26ClN3O3/c1-16-3-6-18(7-4-16)21-22(27-11-9-26(10-12-27)13-14-29)24(31)28(23(21)30)19-8-5-17(2)20(25)15-19/h3-8,15,29H,9-14H2,1-2H3. The van der Waals surface area contributed by atoms with E-state index in [2.05, 4.69) is 4.90 Å². The van der Waals surface area contributed by atoms with Gasteiger partial charge in [-0.2, -0.15) is 0 Å². The van der Waals surface area contributed by atoms with Crippen LogP contribution in [0.25, 0.3) is 5.57 Å². The number of carbonyl (C=O) groups is 2. The van der Waals surface area contributed by atoms with Gasteiger partial charge in [-0.15, -0.1) is 0 Å². The Labute approximate surface area is 187 Å². The first kappa shape index (κ1) is 21.6. The third-order valence-electron chi connectivity index (χ3n) is 5.92. The molecule has 6 nitrogen and oxygen atoms in total. The maximum absolute atomic E-state index is 13.6. The molecule has 2 aliphatic heterocycles. The number of imide groups is 1. The molecule has 2 aromatic carbocycles. The third-order valence-corrected chi connectivity index (χ3v) is 6.33. The van der Waals surface area contributed by atoms with E-state index in [4.69, 9.17) is 11.6 Å². The van der Waals surface area contributed by atoms with Gasteiger partial charge in [-0.1, -0.05) is 47.5 Å². The van der Waals surface area contributed by atoms with Crippen LogP contribution >= 0.6 is 11.6 Å². The van der Waals surface area contributed by atoms with Crippen molar-refractivity contribution in [1.29, 1.82) is 0 Å². The molecule has 2 aromatic rings. The minimum atomic E-state index is -0.332. The van der Waals surface area contributed by atoms with Crippen LogP contribution < -0.4 is 4.90 Å².